The van der Waals surface area contributed by atoms with E-state index in [9.17, 15) is 10.1 Å². The van der Waals surface area contributed by atoms with Gasteiger partial charge in [0.15, 0.2) is 0 Å². The van der Waals surface area contributed by atoms with Crippen molar-refractivity contribution in [3.63, 3.8) is 0 Å². The van der Waals surface area contributed by atoms with Crippen LogP contribution in [0.3, 0.4) is 0 Å². The van der Waals surface area contributed by atoms with Crippen molar-refractivity contribution in [2.75, 3.05) is 0 Å². The van der Waals surface area contributed by atoms with Crippen LogP contribution in [0.25, 0.3) is 0 Å². The first kappa shape index (κ1) is 9.16. The van der Waals surface area contributed by atoms with Gasteiger partial charge in [-0.25, -0.2) is 0 Å². The Morgan fingerprint density at radius 1 is 1.62 bits per heavy atom. The van der Waals surface area contributed by atoms with Crippen LogP contribution in [0.1, 0.15) is 11.1 Å². The van der Waals surface area contributed by atoms with Gasteiger partial charge < -0.3 is 5.11 Å². The number of aliphatic hydroxyl groups is 1. The van der Waals surface area contributed by atoms with Gasteiger partial charge in [0.25, 0.3) is 5.69 Å². The highest BCUT2D eigenvalue weighted by Gasteiger charge is 2.12. The fourth-order valence-electron chi connectivity index (χ4n) is 0.930. The summed E-state index contributed by atoms with van der Waals surface area (Å²) < 4.78 is 0. The minimum Gasteiger partial charge on any atom is -0.392 e. The first-order valence-corrected chi connectivity index (χ1v) is 3.47. The molecule has 0 aromatic heterocycles. The Kier molecular flexibility index (Phi) is 2.57. The van der Waals surface area contributed by atoms with Gasteiger partial charge in [0, 0.05) is 6.07 Å². The Hall–Kier alpha value is -1.93. The van der Waals surface area contributed by atoms with E-state index in [2.05, 4.69) is 0 Å². The molecule has 0 amide bonds. The molecule has 0 unspecified atom stereocenters. The zero-order valence-corrected chi connectivity index (χ0v) is 6.60. The summed E-state index contributed by atoms with van der Waals surface area (Å²) in [5.41, 5.74) is 0.221. The molecule has 0 saturated heterocycles. The predicted octanol–water partition coefficient (Wildman–Crippen LogP) is 0.959. The van der Waals surface area contributed by atoms with Crippen LogP contribution in [0.4, 0.5) is 5.69 Å². The molecule has 0 aliphatic heterocycles. The number of nitro benzene ring substituents is 1. The van der Waals surface area contributed by atoms with E-state index in [1.807, 2.05) is 0 Å². The quantitative estimate of drug-likeness (QED) is 0.539. The maximum atomic E-state index is 10.4. The summed E-state index contributed by atoms with van der Waals surface area (Å²) in [6.07, 6.45) is 0. The van der Waals surface area contributed by atoms with Crippen molar-refractivity contribution in [2.24, 2.45) is 0 Å². The first-order valence-electron chi connectivity index (χ1n) is 3.47. The normalized spacial score (nSPS) is 9.23. The van der Waals surface area contributed by atoms with Crippen LogP contribution >= 0.6 is 0 Å². The zero-order chi connectivity index (χ0) is 9.84. The van der Waals surface area contributed by atoms with Gasteiger partial charge in [-0.1, -0.05) is 0 Å². The Bertz CT molecular complexity index is 381. The largest absolute Gasteiger partial charge is 0.392 e. The van der Waals surface area contributed by atoms with Gasteiger partial charge in [-0.3, -0.25) is 10.1 Å². The average Bonchev–Trinajstić information content (AvgIpc) is 2.16. The van der Waals surface area contributed by atoms with Gasteiger partial charge in [-0.2, -0.15) is 5.26 Å². The monoisotopic (exact) mass is 178 g/mol. The van der Waals surface area contributed by atoms with E-state index in [0.717, 1.165) is 0 Å². The van der Waals surface area contributed by atoms with Crippen molar-refractivity contribution in [1.82, 2.24) is 0 Å². The van der Waals surface area contributed by atoms with Crippen LogP contribution in [0.5, 0.6) is 0 Å². The Morgan fingerprint density at radius 2 is 2.31 bits per heavy atom. The number of nitrogens with zero attached hydrogens (tertiary/aromatic N) is 2. The third kappa shape index (κ3) is 1.80. The van der Waals surface area contributed by atoms with Crippen LogP contribution in [0.2, 0.25) is 0 Å². The van der Waals surface area contributed by atoms with Crippen molar-refractivity contribution >= 4 is 5.69 Å². The van der Waals surface area contributed by atoms with Gasteiger partial charge in [-0.15, -0.1) is 0 Å². The fourth-order valence-corrected chi connectivity index (χ4v) is 0.930. The highest BCUT2D eigenvalue weighted by Crippen LogP contribution is 2.18. The molecule has 13 heavy (non-hydrogen) atoms. The molecule has 0 radical (unpaired) electrons. The van der Waals surface area contributed by atoms with Crippen molar-refractivity contribution < 1.29 is 10.0 Å². The van der Waals surface area contributed by atoms with Gasteiger partial charge in [-0.05, 0) is 17.7 Å². The Morgan fingerprint density at radius 3 is 2.77 bits per heavy atom. The van der Waals surface area contributed by atoms with Crippen LogP contribution in [-0.4, -0.2) is 10.0 Å². The smallest absolute Gasteiger partial charge is 0.287 e. The second kappa shape index (κ2) is 3.65. The highest BCUT2D eigenvalue weighted by molar-refractivity contribution is 5.50. The van der Waals surface area contributed by atoms with Gasteiger partial charge in [0.1, 0.15) is 11.6 Å². The molecule has 0 spiro atoms. The fraction of sp³-hybridized carbons (Fsp3) is 0.125. The summed E-state index contributed by atoms with van der Waals surface area (Å²) in [7, 11) is 0. The topological polar surface area (TPSA) is 87.2 Å². The molecule has 1 aromatic carbocycles. The lowest BCUT2D eigenvalue weighted by Gasteiger charge is -1.97. The molecule has 0 atom stereocenters. The summed E-state index contributed by atoms with van der Waals surface area (Å²) in [5, 5.41) is 27.6. The molecule has 5 heteroatoms. The van der Waals surface area contributed by atoms with E-state index in [1.54, 1.807) is 6.07 Å². The lowest BCUT2D eigenvalue weighted by molar-refractivity contribution is -0.385. The Labute approximate surface area is 74.0 Å². The van der Waals surface area contributed by atoms with Gasteiger partial charge >= 0.3 is 0 Å². The molecule has 1 rings (SSSR count). The van der Waals surface area contributed by atoms with Crippen molar-refractivity contribution in [3.8, 4) is 6.07 Å². The molecule has 0 aliphatic rings. The minimum atomic E-state index is -0.625. The summed E-state index contributed by atoms with van der Waals surface area (Å²) in [6.45, 7) is -0.229. The Balaban J connectivity index is 3.26. The molecule has 5 nitrogen and oxygen atoms in total. The minimum absolute atomic E-state index is 0.0310. The zero-order valence-electron chi connectivity index (χ0n) is 6.60. The maximum absolute atomic E-state index is 10.4. The second-order valence-corrected chi connectivity index (χ2v) is 2.38. The molecule has 0 heterocycles. The van der Waals surface area contributed by atoms with Crippen LogP contribution in [0, 0.1) is 21.4 Å². The average molecular weight is 178 g/mol. The summed E-state index contributed by atoms with van der Waals surface area (Å²) in [4.78, 5) is 9.75. The number of nitriles is 1. The molecular formula is C8H6N2O3. The predicted molar refractivity (Wildman–Crippen MR) is 43.7 cm³/mol. The van der Waals surface area contributed by atoms with Crippen molar-refractivity contribution in [1.29, 1.82) is 5.26 Å². The van der Waals surface area contributed by atoms with E-state index in [0.29, 0.717) is 5.56 Å². The SMILES string of the molecule is N#Cc1cc(CO)ccc1[N+](=O)[O-]. The van der Waals surface area contributed by atoms with E-state index in [4.69, 9.17) is 10.4 Å². The van der Waals surface area contributed by atoms with Gasteiger partial charge in [0.2, 0.25) is 0 Å². The third-order valence-electron chi connectivity index (χ3n) is 1.56. The molecular weight excluding hydrogens is 172 g/mol. The number of benzene rings is 1. The standard InChI is InChI=1S/C8H6N2O3/c9-4-7-3-6(5-11)1-2-8(7)10(12)13/h1-3,11H,5H2. The lowest BCUT2D eigenvalue weighted by Crippen LogP contribution is -1.93. The number of hydrogen-bond donors (Lipinski definition) is 1. The molecule has 1 aromatic rings. The van der Waals surface area contributed by atoms with E-state index < -0.39 is 4.92 Å². The van der Waals surface area contributed by atoms with Crippen LogP contribution in [-0.2, 0) is 6.61 Å². The maximum Gasteiger partial charge on any atom is 0.287 e. The van der Waals surface area contributed by atoms with Crippen LogP contribution < -0.4 is 0 Å². The molecule has 0 bridgehead atoms. The molecule has 0 fully saturated rings. The molecule has 66 valence electrons. The number of nitro groups is 1. The molecule has 1 N–H and O–H groups in total. The molecule has 0 saturated carbocycles. The highest BCUT2D eigenvalue weighted by atomic mass is 16.6. The lowest BCUT2D eigenvalue weighted by atomic mass is 10.1. The molecule has 0 aliphatic carbocycles. The van der Waals surface area contributed by atoms with E-state index >= 15 is 0 Å². The van der Waals surface area contributed by atoms with Gasteiger partial charge in [0.05, 0.1) is 11.5 Å². The second-order valence-electron chi connectivity index (χ2n) is 2.38. The summed E-state index contributed by atoms with van der Waals surface area (Å²) in [6, 6.07) is 5.63. The summed E-state index contributed by atoms with van der Waals surface area (Å²) >= 11 is 0. The van der Waals surface area contributed by atoms with Crippen LogP contribution in [0.15, 0.2) is 18.2 Å². The number of aliphatic hydroxyl groups excluding tert-OH is 1. The summed E-state index contributed by atoms with van der Waals surface area (Å²) in [5.74, 6) is 0. The van der Waals surface area contributed by atoms with Crippen molar-refractivity contribution in [3.05, 3.63) is 39.4 Å². The third-order valence-corrected chi connectivity index (χ3v) is 1.56. The number of rotatable bonds is 2. The van der Waals surface area contributed by atoms with E-state index in [1.165, 1.54) is 18.2 Å². The van der Waals surface area contributed by atoms with E-state index in [-0.39, 0.29) is 17.9 Å². The number of hydrogen-bond acceptors (Lipinski definition) is 4. The first-order chi connectivity index (χ1) is 6.19. The van der Waals surface area contributed by atoms with Crippen molar-refractivity contribution in [2.45, 2.75) is 6.61 Å².